The standard InChI is InChI=1S/C57H40N2/c1-57(2)52-35-45(29-30-49(52)51-33-43-17-9-10-18-44(43)34-53(51)57)39-21-25-40(26-22-39)46-31-32-50(48-20-12-11-19-47(46)48)55-36-54(58-56(59-55)42-15-7-4-8-16-42)41-27-23-38(24-28-41)37-13-5-3-6-14-37/h3-36H,1-2H3. The molecule has 1 aromatic heterocycles. The van der Waals surface area contributed by atoms with E-state index in [1.165, 1.54) is 71.8 Å². The van der Waals surface area contributed by atoms with E-state index in [0.717, 1.165) is 33.5 Å². The predicted molar refractivity (Wildman–Crippen MR) is 247 cm³/mol. The molecule has 0 spiro atoms. The second kappa shape index (κ2) is 13.9. The van der Waals surface area contributed by atoms with Gasteiger partial charge in [0.1, 0.15) is 0 Å². The lowest BCUT2D eigenvalue weighted by molar-refractivity contribution is 0.661. The Kier molecular flexibility index (Phi) is 8.20. The zero-order chi connectivity index (χ0) is 39.5. The van der Waals surface area contributed by atoms with E-state index in [-0.39, 0.29) is 5.41 Å². The number of fused-ring (bicyclic) bond motifs is 5. The molecule has 1 heterocycles. The van der Waals surface area contributed by atoms with Crippen LogP contribution < -0.4 is 0 Å². The Morgan fingerprint density at radius 3 is 1.49 bits per heavy atom. The molecule has 11 rings (SSSR count). The van der Waals surface area contributed by atoms with Crippen LogP contribution in [0.25, 0.3) is 100.0 Å². The van der Waals surface area contributed by atoms with E-state index in [1.54, 1.807) is 0 Å². The summed E-state index contributed by atoms with van der Waals surface area (Å²) >= 11 is 0. The minimum absolute atomic E-state index is 0.0788. The number of hydrogen-bond donors (Lipinski definition) is 0. The summed E-state index contributed by atoms with van der Waals surface area (Å²) in [6, 6.07) is 74.3. The van der Waals surface area contributed by atoms with Crippen molar-refractivity contribution in [3.8, 4) is 78.4 Å². The summed E-state index contributed by atoms with van der Waals surface area (Å²) in [5, 5.41) is 4.94. The Labute approximate surface area is 345 Å². The molecule has 59 heavy (non-hydrogen) atoms. The molecule has 0 saturated carbocycles. The van der Waals surface area contributed by atoms with Crippen molar-refractivity contribution >= 4 is 21.5 Å². The maximum Gasteiger partial charge on any atom is 0.160 e. The summed E-state index contributed by atoms with van der Waals surface area (Å²) in [4.78, 5) is 10.3. The highest BCUT2D eigenvalue weighted by Crippen LogP contribution is 2.51. The topological polar surface area (TPSA) is 25.8 Å². The summed E-state index contributed by atoms with van der Waals surface area (Å²) in [5.41, 5.74) is 17.5. The third-order valence-electron chi connectivity index (χ3n) is 12.3. The molecule has 0 aliphatic heterocycles. The molecule has 0 radical (unpaired) electrons. The summed E-state index contributed by atoms with van der Waals surface area (Å²) in [6.07, 6.45) is 0. The molecule has 0 unspecified atom stereocenters. The van der Waals surface area contributed by atoms with Gasteiger partial charge in [-0.2, -0.15) is 0 Å². The van der Waals surface area contributed by atoms with Gasteiger partial charge in [0.05, 0.1) is 11.4 Å². The largest absolute Gasteiger partial charge is 0.228 e. The fraction of sp³-hybridized carbons (Fsp3) is 0.0526. The molecule has 0 N–H and O–H groups in total. The Morgan fingerprint density at radius 2 is 0.780 bits per heavy atom. The molecule has 1 aliphatic carbocycles. The number of nitrogens with zero attached hydrogens (tertiary/aromatic N) is 2. The lowest BCUT2D eigenvalue weighted by Crippen LogP contribution is -2.15. The Bertz CT molecular complexity index is 3200. The van der Waals surface area contributed by atoms with Crippen molar-refractivity contribution in [1.82, 2.24) is 9.97 Å². The molecule has 2 heteroatoms. The fourth-order valence-corrected chi connectivity index (χ4v) is 9.13. The number of aromatic nitrogens is 2. The summed E-state index contributed by atoms with van der Waals surface area (Å²) < 4.78 is 0. The van der Waals surface area contributed by atoms with Crippen LogP contribution >= 0.6 is 0 Å². The highest BCUT2D eigenvalue weighted by molar-refractivity contribution is 6.05. The van der Waals surface area contributed by atoms with Crippen molar-refractivity contribution in [3.63, 3.8) is 0 Å². The van der Waals surface area contributed by atoms with Crippen LogP contribution in [0.4, 0.5) is 0 Å². The van der Waals surface area contributed by atoms with Crippen LogP contribution in [0.2, 0.25) is 0 Å². The van der Waals surface area contributed by atoms with Gasteiger partial charge in [-0.25, -0.2) is 9.97 Å². The molecular formula is C57H40N2. The number of benzene rings is 9. The normalized spacial score (nSPS) is 12.7. The molecule has 278 valence electrons. The molecule has 10 aromatic rings. The van der Waals surface area contributed by atoms with Crippen LogP contribution in [0.15, 0.2) is 206 Å². The van der Waals surface area contributed by atoms with Crippen LogP contribution in [0.3, 0.4) is 0 Å². The molecule has 0 atom stereocenters. The third-order valence-corrected chi connectivity index (χ3v) is 12.3. The fourth-order valence-electron chi connectivity index (χ4n) is 9.13. The Hall–Kier alpha value is -7.42. The van der Waals surface area contributed by atoms with E-state index in [1.807, 2.05) is 24.3 Å². The summed E-state index contributed by atoms with van der Waals surface area (Å²) in [7, 11) is 0. The van der Waals surface area contributed by atoms with Gasteiger partial charge in [-0.05, 0) is 101 Å². The molecular weight excluding hydrogens is 713 g/mol. The minimum atomic E-state index is -0.0788. The monoisotopic (exact) mass is 752 g/mol. The SMILES string of the molecule is CC1(C)c2cc(-c3ccc(-c4ccc(-c5cc(-c6ccc(-c7ccccc7)cc6)nc(-c6ccccc6)n5)c5ccccc45)cc3)ccc2-c2cc3ccccc3cc21. The smallest absolute Gasteiger partial charge is 0.160 e. The van der Waals surface area contributed by atoms with E-state index < -0.39 is 0 Å². The van der Waals surface area contributed by atoms with Gasteiger partial charge in [-0.3, -0.25) is 0 Å². The van der Waals surface area contributed by atoms with Crippen LogP contribution in [-0.4, -0.2) is 9.97 Å². The molecule has 2 nitrogen and oxygen atoms in total. The molecule has 1 aliphatic rings. The van der Waals surface area contributed by atoms with Gasteiger partial charge in [-0.15, -0.1) is 0 Å². The highest BCUT2D eigenvalue weighted by atomic mass is 14.9. The average Bonchev–Trinajstić information content (AvgIpc) is 3.52. The third kappa shape index (κ3) is 6.04. The summed E-state index contributed by atoms with van der Waals surface area (Å²) in [6.45, 7) is 4.73. The van der Waals surface area contributed by atoms with Crippen molar-refractivity contribution in [2.75, 3.05) is 0 Å². The van der Waals surface area contributed by atoms with Gasteiger partial charge in [-0.1, -0.05) is 196 Å². The van der Waals surface area contributed by atoms with Gasteiger partial charge in [0.25, 0.3) is 0 Å². The first kappa shape index (κ1) is 34.8. The second-order valence-electron chi connectivity index (χ2n) is 16.2. The van der Waals surface area contributed by atoms with Gasteiger partial charge in [0.15, 0.2) is 5.82 Å². The van der Waals surface area contributed by atoms with Crippen LogP contribution in [0.5, 0.6) is 0 Å². The maximum absolute atomic E-state index is 5.21. The Morgan fingerprint density at radius 1 is 0.305 bits per heavy atom. The van der Waals surface area contributed by atoms with Crippen molar-refractivity contribution in [2.45, 2.75) is 19.3 Å². The van der Waals surface area contributed by atoms with Crippen molar-refractivity contribution < 1.29 is 0 Å². The average molecular weight is 753 g/mol. The van der Waals surface area contributed by atoms with Crippen molar-refractivity contribution in [1.29, 1.82) is 0 Å². The van der Waals surface area contributed by atoms with E-state index in [2.05, 4.69) is 196 Å². The van der Waals surface area contributed by atoms with Gasteiger partial charge >= 0.3 is 0 Å². The zero-order valence-electron chi connectivity index (χ0n) is 33.0. The molecule has 0 amide bonds. The van der Waals surface area contributed by atoms with Gasteiger partial charge in [0.2, 0.25) is 0 Å². The number of hydrogen-bond acceptors (Lipinski definition) is 2. The van der Waals surface area contributed by atoms with E-state index in [4.69, 9.17) is 9.97 Å². The first-order chi connectivity index (χ1) is 29.0. The van der Waals surface area contributed by atoms with Gasteiger partial charge < -0.3 is 0 Å². The molecule has 9 aromatic carbocycles. The van der Waals surface area contributed by atoms with E-state index in [9.17, 15) is 0 Å². The first-order valence-corrected chi connectivity index (χ1v) is 20.4. The summed E-state index contributed by atoms with van der Waals surface area (Å²) in [5.74, 6) is 0.709. The minimum Gasteiger partial charge on any atom is -0.228 e. The van der Waals surface area contributed by atoms with Crippen molar-refractivity contribution in [2.24, 2.45) is 0 Å². The molecule has 0 bridgehead atoms. The highest BCUT2D eigenvalue weighted by Gasteiger charge is 2.36. The van der Waals surface area contributed by atoms with Crippen LogP contribution in [0, 0.1) is 0 Å². The van der Waals surface area contributed by atoms with E-state index >= 15 is 0 Å². The lowest BCUT2D eigenvalue weighted by atomic mass is 9.81. The first-order valence-electron chi connectivity index (χ1n) is 20.4. The molecule has 0 saturated heterocycles. The second-order valence-corrected chi connectivity index (χ2v) is 16.2. The van der Waals surface area contributed by atoms with Crippen LogP contribution in [-0.2, 0) is 5.41 Å². The quantitative estimate of drug-likeness (QED) is 0.169. The van der Waals surface area contributed by atoms with Crippen molar-refractivity contribution in [3.05, 3.63) is 217 Å². The van der Waals surface area contributed by atoms with E-state index in [0.29, 0.717) is 5.82 Å². The number of rotatable bonds is 6. The van der Waals surface area contributed by atoms with Gasteiger partial charge in [0, 0.05) is 22.1 Å². The zero-order valence-corrected chi connectivity index (χ0v) is 33.0. The lowest BCUT2D eigenvalue weighted by Gasteiger charge is -2.22. The van der Waals surface area contributed by atoms with Crippen LogP contribution in [0.1, 0.15) is 25.0 Å². The molecule has 0 fully saturated rings. The maximum atomic E-state index is 5.21. The Balaban J connectivity index is 0.955. The predicted octanol–water partition coefficient (Wildman–Crippen LogP) is 15.1.